The third kappa shape index (κ3) is 4.79. The average Bonchev–Trinajstić information content (AvgIpc) is 3.82. The Morgan fingerprint density at radius 1 is 0.420 bits per heavy atom. The molecule has 0 radical (unpaired) electrons. The average molecular weight is 666 g/mol. The first-order valence-electron chi connectivity index (χ1n) is 20.5. The van der Waals surface area contributed by atoms with Crippen LogP contribution in [0.1, 0.15) is 12.3 Å². The number of benzene rings is 7. The number of fused-ring (bicyclic) bond motifs is 6. The molecule has 5 heteroatoms. The second kappa shape index (κ2) is 11.6. The van der Waals surface area contributed by atoms with Crippen LogP contribution in [0, 0.1) is 0 Å². The summed E-state index contributed by atoms with van der Waals surface area (Å²) in [4.78, 5) is 14.9. The Bertz CT molecular complexity index is 3370. The van der Waals surface area contributed by atoms with Gasteiger partial charge in [-0.25, -0.2) is 15.0 Å². The van der Waals surface area contributed by atoms with E-state index in [-0.39, 0.29) is 40.6 Å². The fourth-order valence-corrected chi connectivity index (χ4v) is 7.68. The minimum absolute atomic E-state index is 0.00648. The van der Waals surface area contributed by atoms with Crippen LogP contribution in [-0.4, -0.2) is 19.5 Å². The maximum atomic E-state index is 9.10. The van der Waals surface area contributed by atoms with Gasteiger partial charge in [0.2, 0.25) is 0 Å². The zero-order valence-electron chi connectivity index (χ0n) is 35.2. The highest BCUT2D eigenvalue weighted by Gasteiger charge is 2.17. The van der Waals surface area contributed by atoms with Crippen LogP contribution in [-0.2, 0) is 0 Å². The Morgan fingerprint density at radius 3 is 1.96 bits per heavy atom. The van der Waals surface area contributed by atoms with E-state index in [1.165, 1.54) is 10.1 Å². The fraction of sp³-hybridized carbons (Fsp3) is 0. The lowest BCUT2D eigenvalue weighted by Gasteiger charge is -2.12. The van der Waals surface area contributed by atoms with Gasteiger partial charge in [-0.3, -0.25) is 0 Å². The molecular formula is C45H28N4S. The normalized spacial score (nSPS) is 14.1. The van der Waals surface area contributed by atoms with Gasteiger partial charge in [0.05, 0.1) is 23.4 Å². The maximum absolute atomic E-state index is 9.10. The first-order valence-corrected chi connectivity index (χ1v) is 16.8. The van der Waals surface area contributed by atoms with Gasteiger partial charge in [-0.15, -0.1) is 11.3 Å². The molecule has 10 aromatic rings. The Hall–Kier alpha value is -6.43. The van der Waals surface area contributed by atoms with Crippen LogP contribution in [0.15, 0.2) is 170 Å². The maximum Gasteiger partial charge on any atom is 0.164 e. The van der Waals surface area contributed by atoms with Gasteiger partial charge in [0.25, 0.3) is 0 Å². The van der Waals surface area contributed by atoms with Crippen molar-refractivity contribution in [3.8, 4) is 51.0 Å². The highest BCUT2D eigenvalue weighted by atomic mass is 32.1. The third-order valence-electron chi connectivity index (χ3n) is 8.85. The minimum atomic E-state index is -0.506. The largest absolute Gasteiger partial charge is 0.309 e. The molecule has 3 heterocycles. The molecule has 0 aliphatic carbocycles. The van der Waals surface area contributed by atoms with Crippen molar-refractivity contribution in [1.29, 1.82) is 0 Å². The number of aromatic nitrogens is 4. The Morgan fingerprint density at radius 2 is 1.10 bits per heavy atom. The van der Waals surface area contributed by atoms with E-state index < -0.39 is 30.2 Å². The van der Waals surface area contributed by atoms with Crippen molar-refractivity contribution < 1.29 is 12.3 Å². The van der Waals surface area contributed by atoms with E-state index >= 15 is 0 Å². The van der Waals surface area contributed by atoms with Crippen molar-refractivity contribution in [2.45, 2.75) is 0 Å². The fourth-order valence-electron chi connectivity index (χ4n) is 6.54. The molecule has 4 nitrogen and oxygen atoms in total. The van der Waals surface area contributed by atoms with Crippen LogP contribution in [0.2, 0.25) is 0 Å². The molecule has 0 saturated carbocycles. The quantitative estimate of drug-likeness (QED) is 0.184. The van der Waals surface area contributed by atoms with E-state index in [2.05, 4.69) is 24.3 Å². The highest BCUT2D eigenvalue weighted by Crippen LogP contribution is 2.38. The summed E-state index contributed by atoms with van der Waals surface area (Å²) in [7, 11) is 0. The third-order valence-corrected chi connectivity index (χ3v) is 9.99. The molecule has 0 saturated heterocycles. The number of para-hydroxylation sites is 1. The Kier molecular flexibility index (Phi) is 4.84. The summed E-state index contributed by atoms with van der Waals surface area (Å²) < 4.78 is 81.2. The van der Waals surface area contributed by atoms with Gasteiger partial charge >= 0.3 is 0 Å². The second-order valence-electron chi connectivity index (χ2n) is 11.8. The molecule has 0 spiro atoms. The van der Waals surface area contributed by atoms with Gasteiger partial charge in [-0.05, 0) is 53.6 Å². The zero-order chi connectivity index (χ0) is 40.9. The van der Waals surface area contributed by atoms with Crippen molar-refractivity contribution in [1.82, 2.24) is 19.5 Å². The number of hydrogen-bond acceptors (Lipinski definition) is 4. The molecule has 50 heavy (non-hydrogen) atoms. The lowest BCUT2D eigenvalue weighted by molar-refractivity contribution is 1.07. The summed E-state index contributed by atoms with van der Waals surface area (Å²) >= 11 is 1.71. The lowest BCUT2D eigenvalue weighted by atomic mass is 10.0. The van der Waals surface area contributed by atoms with Crippen LogP contribution in [0.3, 0.4) is 0 Å². The van der Waals surface area contributed by atoms with E-state index in [0.29, 0.717) is 45.2 Å². The van der Waals surface area contributed by atoms with Crippen LogP contribution in [0.5, 0.6) is 0 Å². The Labute approximate surface area is 305 Å². The van der Waals surface area contributed by atoms with Gasteiger partial charge in [-0.2, -0.15) is 0 Å². The molecule has 234 valence electrons. The monoisotopic (exact) mass is 665 g/mol. The minimum Gasteiger partial charge on any atom is -0.309 e. The van der Waals surface area contributed by atoms with Crippen LogP contribution < -0.4 is 0 Å². The standard InChI is InChI=1S/C45H28N4S/c1-3-12-29(13-4-1)31-23-25-40-38(27-31)35-18-7-9-20-39(35)49(40)34-17-11-16-32(26-34)44-46-43(30-14-5-2-6-15-30)47-45(48-44)33-22-24-37-36-19-8-10-21-41(36)50-42(37)28-33/h1-28H/i1D,3D,4D,7D,9D,12D,13D,18D,20D. The van der Waals surface area contributed by atoms with E-state index in [1.54, 1.807) is 34.1 Å². The summed E-state index contributed by atoms with van der Waals surface area (Å²) in [6, 6.07) is 33.1. The molecule has 0 amide bonds. The van der Waals surface area contributed by atoms with Gasteiger partial charge < -0.3 is 4.57 Å². The molecule has 10 rings (SSSR count). The van der Waals surface area contributed by atoms with Gasteiger partial charge in [-0.1, -0.05) is 127 Å². The summed E-state index contributed by atoms with van der Waals surface area (Å²) in [5.74, 6) is 1.38. The molecular weight excluding hydrogens is 629 g/mol. The molecule has 0 unspecified atom stereocenters. The number of nitrogens with zero attached hydrogens (tertiary/aromatic N) is 4. The summed E-state index contributed by atoms with van der Waals surface area (Å²) in [6.45, 7) is 0. The number of thiophene rings is 1. The van der Waals surface area contributed by atoms with E-state index in [0.717, 1.165) is 21.2 Å². The predicted molar refractivity (Wildman–Crippen MR) is 209 cm³/mol. The summed E-state index contributed by atoms with van der Waals surface area (Å²) in [5, 5.41) is 3.00. The molecule has 0 N–H and O–H groups in total. The molecule has 0 atom stereocenters. The molecule has 7 aromatic carbocycles. The van der Waals surface area contributed by atoms with Crippen molar-refractivity contribution >= 4 is 53.3 Å². The molecule has 3 aromatic heterocycles. The van der Waals surface area contributed by atoms with Crippen molar-refractivity contribution in [3.63, 3.8) is 0 Å². The van der Waals surface area contributed by atoms with Gasteiger partial charge in [0.15, 0.2) is 17.5 Å². The van der Waals surface area contributed by atoms with E-state index in [1.807, 2.05) is 72.8 Å². The van der Waals surface area contributed by atoms with Crippen molar-refractivity contribution in [2.75, 3.05) is 0 Å². The topological polar surface area (TPSA) is 43.6 Å². The predicted octanol–water partition coefficient (Wildman–Crippen LogP) is 12.0. The lowest BCUT2D eigenvalue weighted by Crippen LogP contribution is -2.01. The SMILES string of the molecule is [2H]c1c([2H])c([2H])c(-c2ccc3c(c2)c2c([2H])c([2H])c([2H])c([2H])c2n3-c2cccc(-c3nc(-c4ccccc4)nc(-c4ccc5c(c4)sc4ccccc45)n3)c2)c([2H])c1[2H]. The van der Waals surface area contributed by atoms with E-state index in [9.17, 15) is 0 Å². The first kappa shape index (κ1) is 20.8. The summed E-state index contributed by atoms with van der Waals surface area (Å²) in [5.41, 5.74) is 3.90. The molecule has 0 bridgehead atoms. The molecule has 0 aliphatic rings. The van der Waals surface area contributed by atoms with Crippen molar-refractivity contribution in [3.05, 3.63) is 170 Å². The second-order valence-corrected chi connectivity index (χ2v) is 12.9. The zero-order valence-corrected chi connectivity index (χ0v) is 27.0. The Balaban J connectivity index is 1.19. The van der Waals surface area contributed by atoms with Crippen LogP contribution in [0.25, 0.3) is 93.0 Å². The molecule has 0 aliphatic heterocycles. The van der Waals surface area contributed by atoms with Gasteiger partial charge in [0.1, 0.15) is 0 Å². The smallest absolute Gasteiger partial charge is 0.164 e. The summed E-state index contributed by atoms with van der Waals surface area (Å²) in [6.07, 6.45) is 0. The van der Waals surface area contributed by atoms with Gasteiger partial charge in [0, 0.05) is 53.3 Å². The van der Waals surface area contributed by atoms with Crippen LogP contribution >= 0.6 is 11.3 Å². The highest BCUT2D eigenvalue weighted by molar-refractivity contribution is 7.25. The number of rotatable bonds is 5. The van der Waals surface area contributed by atoms with Crippen LogP contribution in [0.4, 0.5) is 0 Å². The van der Waals surface area contributed by atoms with Crippen molar-refractivity contribution in [2.24, 2.45) is 0 Å². The van der Waals surface area contributed by atoms with E-state index in [4.69, 9.17) is 27.3 Å². The number of hydrogen-bond donors (Lipinski definition) is 0. The first-order chi connectivity index (χ1) is 28.5. The molecule has 0 fully saturated rings.